The van der Waals surface area contributed by atoms with Crippen molar-refractivity contribution in [2.24, 2.45) is 5.92 Å². The molecule has 0 saturated carbocycles. The molecule has 0 aromatic rings. The Morgan fingerprint density at radius 3 is 2.76 bits per heavy atom. The summed E-state index contributed by atoms with van der Waals surface area (Å²) in [7, 11) is 0. The van der Waals surface area contributed by atoms with Crippen molar-refractivity contribution in [3.8, 4) is 0 Å². The Bertz CT molecular complexity index is 284. The van der Waals surface area contributed by atoms with Crippen molar-refractivity contribution in [3.05, 3.63) is 0 Å². The van der Waals surface area contributed by atoms with Crippen LogP contribution in [0, 0.1) is 5.92 Å². The predicted molar refractivity (Wildman–Crippen MR) is 72.0 cm³/mol. The molecule has 3 atom stereocenters. The highest BCUT2D eigenvalue weighted by Crippen LogP contribution is 2.20. The van der Waals surface area contributed by atoms with E-state index in [2.05, 4.69) is 24.5 Å². The van der Waals surface area contributed by atoms with E-state index in [0.717, 1.165) is 30.8 Å². The maximum atomic E-state index is 10.4. The van der Waals surface area contributed by atoms with Gasteiger partial charge in [-0.15, -0.1) is 0 Å². The monoisotopic (exact) mass is 258 g/mol. The van der Waals surface area contributed by atoms with Gasteiger partial charge in [-0.1, -0.05) is 20.3 Å². The van der Waals surface area contributed by atoms with E-state index in [9.17, 15) is 4.79 Å². The van der Waals surface area contributed by atoms with Crippen molar-refractivity contribution < 1.29 is 9.90 Å². The third kappa shape index (κ3) is 4.50. The number of carbonyl (C=O) groups is 1. The molecule has 1 fully saturated rings. The smallest absolute Gasteiger partial charge is 0.303 e. The summed E-state index contributed by atoms with van der Waals surface area (Å²) < 4.78 is 0. The quantitative estimate of drug-likeness (QED) is 0.481. The minimum Gasteiger partial charge on any atom is -0.481 e. The van der Waals surface area contributed by atoms with Crippen molar-refractivity contribution in [1.82, 2.24) is 10.6 Å². The van der Waals surface area contributed by atoms with Crippen LogP contribution in [0.5, 0.6) is 0 Å². The largest absolute Gasteiger partial charge is 0.481 e. The van der Waals surface area contributed by atoms with Gasteiger partial charge in [0.15, 0.2) is 5.11 Å². The zero-order valence-corrected chi connectivity index (χ0v) is 11.3. The van der Waals surface area contributed by atoms with Gasteiger partial charge < -0.3 is 15.7 Å². The van der Waals surface area contributed by atoms with Gasteiger partial charge in [0, 0.05) is 12.5 Å². The Hall–Kier alpha value is -0.840. The fourth-order valence-corrected chi connectivity index (χ4v) is 2.66. The van der Waals surface area contributed by atoms with Gasteiger partial charge in [0.25, 0.3) is 0 Å². The molecular weight excluding hydrogens is 236 g/mol. The van der Waals surface area contributed by atoms with Crippen molar-refractivity contribution in [1.29, 1.82) is 0 Å². The summed E-state index contributed by atoms with van der Waals surface area (Å²) in [6.07, 6.45) is 4.11. The molecule has 1 rings (SSSR count). The number of nitrogens with one attached hydrogen (secondary N) is 2. The predicted octanol–water partition coefficient (Wildman–Crippen LogP) is 1.89. The van der Waals surface area contributed by atoms with E-state index >= 15 is 0 Å². The van der Waals surface area contributed by atoms with Gasteiger partial charge in [-0.3, -0.25) is 4.79 Å². The first-order chi connectivity index (χ1) is 8.04. The summed E-state index contributed by atoms with van der Waals surface area (Å²) in [5.74, 6) is -0.187. The maximum Gasteiger partial charge on any atom is 0.303 e. The van der Waals surface area contributed by atoms with E-state index < -0.39 is 5.97 Å². The summed E-state index contributed by atoms with van der Waals surface area (Å²) in [4.78, 5) is 10.4. The molecule has 1 heterocycles. The van der Waals surface area contributed by atoms with Crippen LogP contribution >= 0.6 is 12.2 Å². The zero-order valence-electron chi connectivity index (χ0n) is 10.5. The van der Waals surface area contributed by atoms with Gasteiger partial charge in [-0.25, -0.2) is 0 Å². The molecule has 0 bridgehead atoms. The molecule has 1 aliphatic rings. The van der Waals surface area contributed by atoms with E-state index in [1.807, 2.05) is 0 Å². The summed E-state index contributed by atoms with van der Waals surface area (Å²) in [5, 5.41) is 15.9. The van der Waals surface area contributed by atoms with Gasteiger partial charge in [0.2, 0.25) is 0 Å². The molecule has 4 nitrogen and oxygen atoms in total. The molecule has 1 saturated heterocycles. The second-order valence-electron chi connectivity index (χ2n) is 4.78. The second-order valence-corrected chi connectivity index (χ2v) is 5.18. The normalized spacial score (nSPS) is 25.2. The van der Waals surface area contributed by atoms with Crippen LogP contribution in [0.15, 0.2) is 0 Å². The van der Waals surface area contributed by atoms with Crippen LogP contribution in [-0.4, -0.2) is 28.3 Å². The standard InChI is InChI=1S/C12H22N2O2S/c1-3-9-11(14-12(17)13-9)8(2)6-4-5-7-10(15)16/h8-9,11H,3-7H2,1-2H3,(H,15,16)(H2,13,14,17)/t8-,9?,11?/m0/s1. The first-order valence-electron chi connectivity index (χ1n) is 6.33. The number of aliphatic carboxylic acids is 1. The summed E-state index contributed by atoms with van der Waals surface area (Å²) in [6, 6.07) is 0.800. The lowest BCUT2D eigenvalue weighted by Crippen LogP contribution is -2.38. The van der Waals surface area contributed by atoms with Crippen LogP contribution in [-0.2, 0) is 4.79 Å². The molecule has 0 radical (unpaired) electrons. The van der Waals surface area contributed by atoms with E-state index in [4.69, 9.17) is 17.3 Å². The Balaban J connectivity index is 2.29. The molecule has 98 valence electrons. The molecule has 2 unspecified atom stereocenters. The average Bonchev–Trinajstić information content (AvgIpc) is 2.65. The summed E-state index contributed by atoms with van der Waals surface area (Å²) in [5.41, 5.74) is 0. The fourth-order valence-electron chi connectivity index (χ4n) is 2.37. The number of hydrogen-bond donors (Lipinski definition) is 3. The molecule has 0 amide bonds. The van der Waals surface area contributed by atoms with Crippen molar-refractivity contribution in [2.75, 3.05) is 0 Å². The van der Waals surface area contributed by atoms with Gasteiger partial charge in [-0.2, -0.15) is 0 Å². The van der Waals surface area contributed by atoms with Crippen LogP contribution in [0.25, 0.3) is 0 Å². The number of unbranched alkanes of at least 4 members (excludes halogenated alkanes) is 1. The number of thiocarbonyl (C=S) groups is 1. The summed E-state index contributed by atoms with van der Waals surface area (Å²) in [6.45, 7) is 4.36. The third-order valence-electron chi connectivity index (χ3n) is 3.40. The maximum absolute atomic E-state index is 10.4. The van der Waals surface area contributed by atoms with Crippen LogP contribution in [0.4, 0.5) is 0 Å². The number of hydrogen-bond acceptors (Lipinski definition) is 2. The SMILES string of the molecule is CCC1NC(=S)NC1[C@@H](C)CCCCC(=O)O. The van der Waals surface area contributed by atoms with Gasteiger partial charge >= 0.3 is 5.97 Å². The molecule has 0 aromatic carbocycles. The van der Waals surface area contributed by atoms with Gasteiger partial charge in [0.1, 0.15) is 0 Å². The van der Waals surface area contributed by atoms with E-state index in [1.165, 1.54) is 0 Å². The first kappa shape index (κ1) is 14.2. The minimum absolute atomic E-state index is 0.276. The van der Waals surface area contributed by atoms with Crippen LogP contribution in [0.1, 0.15) is 46.0 Å². The molecule has 0 aliphatic carbocycles. The molecule has 1 aliphatic heterocycles. The molecule has 17 heavy (non-hydrogen) atoms. The van der Waals surface area contributed by atoms with Crippen LogP contribution in [0.3, 0.4) is 0 Å². The van der Waals surface area contributed by atoms with Crippen LogP contribution in [0.2, 0.25) is 0 Å². The molecule has 5 heteroatoms. The Labute approximate surface area is 108 Å². The van der Waals surface area contributed by atoms with E-state index in [-0.39, 0.29) is 6.42 Å². The van der Waals surface area contributed by atoms with Crippen molar-refractivity contribution >= 4 is 23.3 Å². The number of carboxylic acid groups (broad SMARTS) is 1. The van der Waals surface area contributed by atoms with E-state index in [1.54, 1.807) is 0 Å². The zero-order chi connectivity index (χ0) is 12.8. The Morgan fingerprint density at radius 1 is 1.47 bits per heavy atom. The van der Waals surface area contributed by atoms with Gasteiger partial charge in [-0.05, 0) is 37.4 Å². The van der Waals surface area contributed by atoms with E-state index in [0.29, 0.717) is 18.0 Å². The molecule has 3 N–H and O–H groups in total. The highest BCUT2D eigenvalue weighted by atomic mass is 32.1. The Morgan fingerprint density at radius 2 is 2.18 bits per heavy atom. The van der Waals surface area contributed by atoms with Crippen LogP contribution < -0.4 is 10.6 Å². The highest BCUT2D eigenvalue weighted by Gasteiger charge is 2.31. The topological polar surface area (TPSA) is 61.4 Å². The minimum atomic E-state index is -0.703. The summed E-state index contributed by atoms with van der Waals surface area (Å²) >= 11 is 5.13. The Kier molecular flexibility index (Phi) is 5.68. The third-order valence-corrected chi connectivity index (χ3v) is 3.64. The lowest BCUT2D eigenvalue weighted by atomic mass is 9.90. The number of rotatable bonds is 7. The number of carboxylic acids is 1. The fraction of sp³-hybridized carbons (Fsp3) is 0.833. The first-order valence-corrected chi connectivity index (χ1v) is 6.74. The molecular formula is C12H22N2O2S. The highest BCUT2D eigenvalue weighted by molar-refractivity contribution is 7.80. The molecule has 0 aromatic heterocycles. The molecule has 0 spiro atoms. The average molecular weight is 258 g/mol. The second kappa shape index (κ2) is 6.79. The van der Waals surface area contributed by atoms with Gasteiger partial charge in [0.05, 0.1) is 6.04 Å². The van der Waals surface area contributed by atoms with Crippen molar-refractivity contribution in [3.63, 3.8) is 0 Å². The lowest BCUT2D eigenvalue weighted by Gasteiger charge is -2.24. The lowest BCUT2D eigenvalue weighted by molar-refractivity contribution is -0.137. The van der Waals surface area contributed by atoms with Crippen molar-refractivity contribution in [2.45, 2.75) is 58.0 Å².